The number of aliphatic hydroxyl groups excluding tert-OH is 1. The van der Waals surface area contributed by atoms with Crippen LogP contribution in [0.5, 0.6) is 0 Å². The Bertz CT molecular complexity index is 528. The van der Waals surface area contributed by atoms with E-state index in [4.69, 9.17) is 21.4 Å². The number of ether oxygens (including phenoxy) is 1. The Morgan fingerprint density at radius 2 is 2.35 bits per heavy atom. The maximum absolute atomic E-state index is 13.3. The summed E-state index contributed by atoms with van der Waals surface area (Å²) >= 11 is 5.57. The van der Waals surface area contributed by atoms with Crippen LogP contribution in [0.1, 0.15) is 12.6 Å². The lowest BCUT2D eigenvalue weighted by molar-refractivity contribution is -0.0356. The first-order valence-electron chi connectivity index (χ1n) is 4.94. The van der Waals surface area contributed by atoms with Gasteiger partial charge in [0.1, 0.15) is 23.5 Å². The maximum atomic E-state index is 13.3. The van der Waals surface area contributed by atoms with Gasteiger partial charge in [-0.2, -0.15) is 0 Å². The van der Waals surface area contributed by atoms with Gasteiger partial charge in [0.2, 0.25) is 0 Å². The Morgan fingerprint density at radius 3 is 2.94 bits per heavy atom. The van der Waals surface area contributed by atoms with Gasteiger partial charge in [-0.15, -0.1) is 0 Å². The normalized spacial score (nSPS) is 28.5. The van der Waals surface area contributed by atoms with Crippen LogP contribution in [0.2, 0.25) is 5.02 Å². The molecule has 6 nitrogen and oxygen atoms in total. The Kier molecular flexibility index (Phi) is 3.32. The third-order valence-electron chi connectivity index (χ3n) is 2.58. The third-order valence-corrected chi connectivity index (χ3v) is 2.85. The number of aromatic nitrogens is 2. The van der Waals surface area contributed by atoms with Gasteiger partial charge in [0.05, 0.1) is 6.61 Å². The van der Waals surface area contributed by atoms with Gasteiger partial charge in [0.25, 0.3) is 5.56 Å². The predicted octanol–water partition coefficient (Wildman–Crippen LogP) is -0.192. The second-order valence-corrected chi connectivity index (χ2v) is 4.11. The maximum Gasteiger partial charge on any atom is 0.330 e. The van der Waals surface area contributed by atoms with Crippen LogP contribution in [0.3, 0.4) is 0 Å². The number of nitrogens with one attached hydrogen (secondary N) is 1. The number of aromatic amines is 1. The molecule has 2 N–H and O–H groups in total. The van der Waals surface area contributed by atoms with Crippen LogP contribution >= 0.6 is 11.6 Å². The number of hydrogen-bond donors (Lipinski definition) is 2. The zero-order chi connectivity index (χ0) is 12.6. The second-order valence-electron chi connectivity index (χ2n) is 3.71. The van der Waals surface area contributed by atoms with Crippen molar-refractivity contribution < 1.29 is 14.2 Å². The molecule has 0 aliphatic carbocycles. The highest BCUT2D eigenvalue weighted by atomic mass is 35.5. The fourth-order valence-electron chi connectivity index (χ4n) is 1.70. The van der Waals surface area contributed by atoms with Crippen LogP contribution < -0.4 is 11.2 Å². The minimum Gasteiger partial charge on any atom is -0.394 e. The Morgan fingerprint density at radius 1 is 1.65 bits per heavy atom. The van der Waals surface area contributed by atoms with E-state index in [1.807, 2.05) is 4.98 Å². The standard InChI is InChI=1S/C9H10ClFN2O4/c10-4-2-13(9(16)12-8(4)15)7-1-5(11)6(3-14)17-7/h2,5-7,14H,1,3H2,(H,12,15,16)/t5-,6-,7-/m1/s1. The van der Waals surface area contributed by atoms with Gasteiger partial charge in [0.15, 0.2) is 0 Å². The van der Waals surface area contributed by atoms with Crippen molar-refractivity contribution in [2.45, 2.75) is 24.9 Å². The SMILES string of the molecule is O=c1[nH]c(=O)n([C@H]2C[C@@H](F)[C@@H](CO)O2)cc1Cl. The number of alkyl halides is 1. The highest BCUT2D eigenvalue weighted by Crippen LogP contribution is 2.29. The first kappa shape index (κ1) is 12.3. The van der Waals surface area contributed by atoms with E-state index in [0.717, 1.165) is 10.8 Å². The fourth-order valence-corrected chi connectivity index (χ4v) is 1.85. The molecule has 94 valence electrons. The van der Waals surface area contributed by atoms with Crippen molar-refractivity contribution in [3.05, 3.63) is 32.1 Å². The van der Waals surface area contributed by atoms with E-state index in [1.165, 1.54) is 0 Å². The van der Waals surface area contributed by atoms with Crippen LogP contribution in [0.4, 0.5) is 4.39 Å². The average Bonchev–Trinajstić information content (AvgIpc) is 2.65. The van der Waals surface area contributed by atoms with Crippen LogP contribution in [-0.2, 0) is 4.74 Å². The molecular formula is C9H10ClFN2O4. The molecule has 1 aromatic heterocycles. The van der Waals surface area contributed by atoms with Crippen LogP contribution in [0.25, 0.3) is 0 Å². The summed E-state index contributed by atoms with van der Waals surface area (Å²) in [6.07, 6.45) is -2.17. The van der Waals surface area contributed by atoms with Crippen LogP contribution in [0, 0.1) is 0 Å². The van der Waals surface area contributed by atoms with E-state index in [2.05, 4.69) is 0 Å². The summed E-state index contributed by atoms with van der Waals surface area (Å²) in [6, 6.07) is 0. The molecule has 17 heavy (non-hydrogen) atoms. The zero-order valence-electron chi connectivity index (χ0n) is 8.60. The van der Waals surface area contributed by atoms with Crippen molar-refractivity contribution in [2.75, 3.05) is 6.61 Å². The van der Waals surface area contributed by atoms with Gasteiger partial charge in [0, 0.05) is 12.6 Å². The number of H-pyrrole nitrogens is 1. The van der Waals surface area contributed by atoms with Crippen molar-refractivity contribution in [3.8, 4) is 0 Å². The number of halogens is 2. The van der Waals surface area contributed by atoms with E-state index in [1.54, 1.807) is 0 Å². The molecule has 0 unspecified atom stereocenters. The summed E-state index contributed by atoms with van der Waals surface area (Å²) < 4.78 is 19.5. The summed E-state index contributed by atoms with van der Waals surface area (Å²) in [7, 11) is 0. The van der Waals surface area contributed by atoms with Crippen molar-refractivity contribution in [1.29, 1.82) is 0 Å². The van der Waals surface area contributed by atoms with E-state index >= 15 is 0 Å². The minimum atomic E-state index is -1.36. The molecule has 2 rings (SSSR count). The molecule has 1 fully saturated rings. The zero-order valence-corrected chi connectivity index (χ0v) is 9.35. The average molecular weight is 265 g/mol. The van der Waals surface area contributed by atoms with E-state index in [0.29, 0.717) is 0 Å². The molecule has 1 aromatic rings. The molecule has 0 aromatic carbocycles. The molecule has 1 aliphatic heterocycles. The molecule has 8 heteroatoms. The molecule has 0 spiro atoms. The monoisotopic (exact) mass is 264 g/mol. The lowest BCUT2D eigenvalue weighted by atomic mass is 10.2. The van der Waals surface area contributed by atoms with E-state index in [-0.39, 0.29) is 11.4 Å². The van der Waals surface area contributed by atoms with E-state index in [9.17, 15) is 14.0 Å². The van der Waals surface area contributed by atoms with Gasteiger partial charge in [-0.25, -0.2) is 9.18 Å². The third kappa shape index (κ3) is 2.26. The number of rotatable bonds is 2. The molecule has 2 heterocycles. The quantitative estimate of drug-likeness (QED) is 0.775. The van der Waals surface area contributed by atoms with Crippen molar-refractivity contribution in [2.24, 2.45) is 0 Å². The summed E-state index contributed by atoms with van der Waals surface area (Å²) in [5.41, 5.74) is -1.43. The highest BCUT2D eigenvalue weighted by Gasteiger charge is 2.36. The topological polar surface area (TPSA) is 84.3 Å². The first-order valence-corrected chi connectivity index (χ1v) is 5.32. The van der Waals surface area contributed by atoms with Crippen molar-refractivity contribution >= 4 is 11.6 Å². The minimum absolute atomic E-state index is 0.0759. The Balaban J connectivity index is 2.34. The summed E-state index contributed by atoms with van der Waals surface area (Å²) in [5.74, 6) is 0. The van der Waals surface area contributed by atoms with Gasteiger partial charge in [-0.3, -0.25) is 14.3 Å². The van der Waals surface area contributed by atoms with Gasteiger partial charge >= 0.3 is 5.69 Å². The van der Waals surface area contributed by atoms with Crippen molar-refractivity contribution in [3.63, 3.8) is 0 Å². The fraction of sp³-hybridized carbons (Fsp3) is 0.556. The van der Waals surface area contributed by atoms with E-state index < -0.39 is 36.4 Å². The summed E-state index contributed by atoms with van der Waals surface area (Å²) in [5, 5.41) is 8.65. The van der Waals surface area contributed by atoms with Crippen LogP contribution in [-0.4, -0.2) is 33.5 Å². The number of nitrogens with zero attached hydrogens (tertiary/aromatic N) is 1. The van der Waals surface area contributed by atoms with Crippen LogP contribution in [0.15, 0.2) is 15.8 Å². The predicted molar refractivity (Wildman–Crippen MR) is 56.8 cm³/mol. The Labute approximate surface area is 99.6 Å². The smallest absolute Gasteiger partial charge is 0.330 e. The first-order chi connectivity index (χ1) is 8.02. The summed E-state index contributed by atoms with van der Waals surface area (Å²) in [6.45, 7) is -0.469. The highest BCUT2D eigenvalue weighted by molar-refractivity contribution is 6.30. The molecule has 3 atom stereocenters. The summed E-state index contributed by atoms with van der Waals surface area (Å²) in [4.78, 5) is 24.5. The van der Waals surface area contributed by atoms with Gasteiger partial charge < -0.3 is 9.84 Å². The Hall–Kier alpha value is -1.18. The second kappa shape index (κ2) is 4.59. The molecule has 1 saturated heterocycles. The molecule has 0 amide bonds. The molecule has 0 bridgehead atoms. The molecule has 1 aliphatic rings. The van der Waals surface area contributed by atoms with Crippen molar-refractivity contribution in [1.82, 2.24) is 9.55 Å². The molecule has 0 radical (unpaired) electrons. The lowest BCUT2D eigenvalue weighted by Crippen LogP contribution is -2.32. The molecule has 0 saturated carbocycles. The number of hydrogen-bond acceptors (Lipinski definition) is 4. The van der Waals surface area contributed by atoms with Gasteiger partial charge in [-0.1, -0.05) is 11.6 Å². The molecular weight excluding hydrogens is 255 g/mol. The number of aliphatic hydroxyl groups is 1. The lowest BCUT2D eigenvalue weighted by Gasteiger charge is -2.14. The van der Waals surface area contributed by atoms with Gasteiger partial charge in [-0.05, 0) is 0 Å². The largest absolute Gasteiger partial charge is 0.394 e.